The van der Waals surface area contributed by atoms with Crippen LogP contribution in [0.2, 0.25) is 0 Å². The van der Waals surface area contributed by atoms with E-state index in [1.165, 1.54) is 44.9 Å². The Kier molecular flexibility index (Phi) is 12.6. The highest BCUT2D eigenvalue weighted by atomic mass is 19.4. The van der Waals surface area contributed by atoms with Gasteiger partial charge >= 0.3 is 12.4 Å². The van der Waals surface area contributed by atoms with Crippen LogP contribution >= 0.6 is 0 Å². The predicted octanol–water partition coefficient (Wildman–Crippen LogP) is 8.69. The topological polar surface area (TPSA) is 0 Å². The number of unbranched alkanes of at least 4 members (excludes halogenated alkanes) is 13. The van der Waals surface area contributed by atoms with Crippen molar-refractivity contribution in [1.29, 1.82) is 0 Å². The maximum Gasteiger partial charge on any atom is 0.431 e. The maximum atomic E-state index is 13.4. The van der Waals surface area contributed by atoms with Crippen LogP contribution in [0.25, 0.3) is 0 Å². The van der Waals surface area contributed by atoms with Crippen molar-refractivity contribution >= 4 is 0 Å². The van der Waals surface area contributed by atoms with Gasteiger partial charge in [0.1, 0.15) is 0 Å². The van der Waals surface area contributed by atoms with E-state index in [9.17, 15) is 30.7 Å². The Morgan fingerprint density at radius 1 is 0.423 bits per heavy atom. The first-order valence-corrected chi connectivity index (χ1v) is 9.88. The molecular weight excluding hydrogens is 361 g/mol. The molecular formula is C19H33F7. The molecule has 0 amide bonds. The number of hydrogen-bond donors (Lipinski definition) is 0. The molecule has 26 heavy (non-hydrogen) atoms. The third kappa shape index (κ3) is 10.0. The zero-order valence-corrected chi connectivity index (χ0v) is 15.8. The quantitative estimate of drug-likeness (QED) is 0.192. The fourth-order valence-electron chi connectivity index (χ4n) is 3.01. The van der Waals surface area contributed by atoms with E-state index in [0.29, 0.717) is 6.42 Å². The van der Waals surface area contributed by atoms with Gasteiger partial charge in [-0.05, 0) is 12.8 Å². The van der Waals surface area contributed by atoms with E-state index in [4.69, 9.17) is 0 Å². The van der Waals surface area contributed by atoms with Gasteiger partial charge in [-0.3, -0.25) is 0 Å². The van der Waals surface area contributed by atoms with E-state index in [-0.39, 0.29) is 6.42 Å². The van der Waals surface area contributed by atoms with Gasteiger partial charge in [0, 0.05) is 0 Å². The lowest BCUT2D eigenvalue weighted by Crippen LogP contribution is -2.53. The summed E-state index contributed by atoms with van der Waals surface area (Å²) in [5, 5.41) is 0. The van der Waals surface area contributed by atoms with Crippen LogP contribution in [0.15, 0.2) is 0 Å². The summed E-state index contributed by atoms with van der Waals surface area (Å²) >= 11 is 0. The van der Waals surface area contributed by atoms with Gasteiger partial charge in [-0.2, -0.15) is 26.3 Å². The van der Waals surface area contributed by atoms with Gasteiger partial charge in [0.2, 0.25) is 0 Å². The van der Waals surface area contributed by atoms with Crippen LogP contribution in [-0.2, 0) is 0 Å². The van der Waals surface area contributed by atoms with Crippen LogP contribution in [0.4, 0.5) is 30.7 Å². The first kappa shape index (κ1) is 25.5. The molecule has 0 N–H and O–H groups in total. The Bertz CT molecular complexity index is 320. The summed E-state index contributed by atoms with van der Waals surface area (Å²) in [6.07, 6.45) is -0.464. The average Bonchev–Trinajstić information content (AvgIpc) is 2.52. The lowest BCUT2D eigenvalue weighted by molar-refractivity contribution is -0.343. The highest BCUT2D eigenvalue weighted by Crippen LogP contribution is 2.49. The Hall–Kier alpha value is -0.490. The predicted molar refractivity (Wildman–Crippen MR) is 90.9 cm³/mol. The zero-order chi connectivity index (χ0) is 20.1. The van der Waals surface area contributed by atoms with Gasteiger partial charge in [0.15, 0.2) is 0 Å². The standard InChI is InChI=1S/C19H33F7/c1-2-3-4-5-6-7-8-9-10-11-12-13-14-15-16-17(20,18(21,22)23)19(24,25)26/h2-16H2,1H3. The lowest BCUT2D eigenvalue weighted by atomic mass is 9.95. The average molecular weight is 394 g/mol. The Labute approximate surface area is 152 Å². The van der Waals surface area contributed by atoms with Crippen molar-refractivity contribution in [2.75, 3.05) is 0 Å². The van der Waals surface area contributed by atoms with Crippen LogP contribution in [-0.4, -0.2) is 18.0 Å². The van der Waals surface area contributed by atoms with Gasteiger partial charge in [-0.25, -0.2) is 4.39 Å². The van der Waals surface area contributed by atoms with Crippen molar-refractivity contribution < 1.29 is 30.7 Å². The molecule has 0 atom stereocenters. The van der Waals surface area contributed by atoms with Crippen molar-refractivity contribution in [2.24, 2.45) is 0 Å². The zero-order valence-electron chi connectivity index (χ0n) is 15.8. The Balaban J connectivity index is 3.64. The van der Waals surface area contributed by atoms with Crippen molar-refractivity contribution in [1.82, 2.24) is 0 Å². The highest BCUT2D eigenvalue weighted by molar-refractivity contribution is 4.94. The normalized spacial score (nSPS) is 13.4. The summed E-state index contributed by atoms with van der Waals surface area (Å²) in [6, 6.07) is 0. The molecule has 0 saturated carbocycles. The van der Waals surface area contributed by atoms with E-state index in [1.54, 1.807) is 0 Å². The number of halogens is 7. The summed E-state index contributed by atoms with van der Waals surface area (Å²) in [5.41, 5.74) is -5.09. The molecule has 0 aromatic carbocycles. The van der Waals surface area contributed by atoms with Crippen LogP contribution in [0.3, 0.4) is 0 Å². The van der Waals surface area contributed by atoms with Gasteiger partial charge in [0.25, 0.3) is 5.67 Å². The monoisotopic (exact) mass is 394 g/mol. The molecule has 0 unspecified atom stereocenters. The first-order valence-electron chi connectivity index (χ1n) is 9.88. The summed E-state index contributed by atoms with van der Waals surface area (Å²) in [6.45, 7) is 2.18. The molecule has 0 aromatic heterocycles. The second-order valence-electron chi connectivity index (χ2n) is 7.14. The summed E-state index contributed by atoms with van der Waals surface area (Å²) in [4.78, 5) is 0. The molecule has 0 radical (unpaired) electrons. The molecule has 0 fully saturated rings. The van der Waals surface area contributed by atoms with Gasteiger partial charge in [0.05, 0.1) is 0 Å². The molecule has 7 heteroatoms. The Morgan fingerprint density at radius 3 is 0.962 bits per heavy atom. The minimum absolute atomic E-state index is 0.190. The second-order valence-corrected chi connectivity index (χ2v) is 7.14. The third-order valence-electron chi connectivity index (χ3n) is 4.77. The fourth-order valence-corrected chi connectivity index (χ4v) is 3.01. The van der Waals surface area contributed by atoms with Gasteiger partial charge in [-0.15, -0.1) is 0 Å². The van der Waals surface area contributed by atoms with Crippen LogP contribution in [0.1, 0.15) is 103 Å². The van der Waals surface area contributed by atoms with Crippen molar-refractivity contribution in [3.8, 4) is 0 Å². The minimum atomic E-state index is -5.91. The lowest BCUT2D eigenvalue weighted by Gasteiger charge is -2.29. The summed E-state index contributed by atoms with van der Waals surface area (Å²) in [5.74, 6) is 0. The van der Waals surface area contributed by atoms with Crippen LogP contribution in [0.5, 0.6) is 0 Å². The molecule has 0 nitrogen and oxygen atoms in total. The summed E-state index contributed by atoms with van der Waals surface area (Å²) < 4.78 is 87.6. The second kappa shape index (κ2) is 12.8. The maximum absolute atomic E-state index is 13.4. The van der Waals surface area contributed by atoms with Gasteiger partial charge < -0.3 is 0 Å². The van der Waals surface area contributed by atoms with Gasteiger partial charge in [-0.1, -0.05) is 90.4 Å². The van der Waals surface area contributed by atoms with E-state index < -0.39 is 30.9 Å². The molecule has 0 bridgehead atoms. The van der Waals surface area contributed by atoms with Crippen molar-refractivity contribution in [3.63, 3.8) is 0 Å². The fraction of sp³-hybridized carbons (Fsp3) is 1.00. The molecule has 0 heterocycles. The number of alkyl halides is 7. The largest absolute Gasteiger partial charge is 0.431 e. The van der Waals surface area contributed by atoms with E-state index in [0.717, 1.165) is 25.7 Å². The first-order chi connectivity index (χ1) is 12.1. The van der Waals surface area contributed by atoms with Crippen LogP contribution < -0.4 is 0 Å². The van der Waals surface area contributed by atoms with E-state index in [1.807, 2.05) is 0 Å². The molecule has 0 aromatic rings. The number of hydrogen-bond acceptors (Lipinski definition) is 0. The minimum Gasteiger partial charge on any atom is -0.224 e. The molecule has 0 saturated heterocycles. The molecule has 0 spiro atoms. The SMILES string of the molecule is CCCCCCCCCCCCCCCCC(F)(C(F)(F)F)C(F)(F)F. The molecule has 0 aliphatic heterocycles. The van der Waals surface area contributed by atoms with E-state index >= 15 is 0 Å². The molecule has 0 aliphatic carbocycles. The smallest absolute Gasteiger partial charge is 0.224 e. The Morgan fingerprint density at radius 2 is 0.692 bits per heavy atom. The molecule has 0 aliphatic rings. The van der Waals surface area contributed by atoms with Crippen LogP contribution in [0, 0.1) is 0 Å². The van der Waals surface area contributed by atoms with Crippen molar-refractivity contribution in [3.05, 3.63) is 0 Å². The van der Waals surface area contributed by atoms with E-state index in [2.05, 4.69) is 6.92 Å². The van der Waals surface area contributed by atoms with Crippen molar-refractivity contribution in [2.45, 2.75) is 121 Å². The molecule has 0 rings (SSSR count). The summed E-state index contributed by atoms with van der Waals surface area (Å²) in [7, 11) is 0. The highest BCUT2D eigenvalue weighted by Gasteiger charge is 2.71. The molecule has 158 valence electrons. The number of rotatable bonds is 15. The third-order valence-corrected chi connectivity index (χ3v) is 4.77.